The number of aliphatic hydroxyl groups excluding tert-OH is 1. The molecule has 0 amide bonds. The first-order valence-electron chi connectivity index (χ1n) is 6.91. The Balaban J connectivity index is 1.80. The fourth-order valence-corrected chi connectivity index (χ4v) is 3.64. The van der Waals surface area contributed by atoms with Gasteiger partial charge >= 0.3 is 0 Å². The van der Waals surface area contributed by atoms with Crippen LogP contribution in [-0.4, -0.2) is 23.3 Å². The van der Waals surface area contributed by atoms with Crippen molar-refractivity contribution in [1.29, 1.82) is 0 Å². The summed E-state index contributed by atoms with van der Waals surface area (Å²) in [6.07, 6.45) is 1.80. The molecule has 1 saturated carbocycles. The van der Waals surface area contributed by atoms with Gasteiger partial charge in [0.1, 0.15) is 0 Å². The lowest BCUT2D eigenvalue weighted by Gasteiger charge is -2.36. The molecule has 98 valence electrons. The predicted molar refractivity (Wildman–Crippen MR) is 72.2 cm³/mol. The van der Waals surface area contributed by atoms with Crippen LogP contribution in [0, 0.1) is 12.8 Å². The zero-order valence-electron chi connectivity index (χ0n) is 11.1. The first-order chi connectivity index (χ1) is 8.65. The van der Waals surface area contributed by atoms with Crippen molar-refractivity contribution in [2.75, 3.05) is 0 Å². The molecule has 1 aromatic carbocycles. The Labute approximate surface area is 109 Å². The van der Waals surface area contributed by atoms with Crippen LogP contribution in [0.2, 0.25) is 0 Å². The third kappa shape index (κ3) is 2.07. The van der Waals surface area contributed by atoms with Gasteiger partial charge in [-0.1, -0.05) is 29.8 Å². The third-order valence-corrected chi connectivity index (χ3v) is 4.56. The van der Waals surface area contributed by atoms with Gasteiger partial charge in [0, 0.05) is 18.0 Å². The van der Waals surface area contributed by atoms with Gasteiger partial charge in [-0.2, -0.15) is 0 Å². The molecule has 1 aliphatic carbocycles. The molecule has 0 bridgehead atoms. The Bertz CT molecular complexity index is 434. The largest absolute Gasteiger partial charge is 0.393 e. The van der Waals surface area contributed by atoms with Gasteiger partial charge in [-0.25, -0.2) is 0 Å². The summed E-state index contributed by atoms with van der Waals surface area (Å²) in [4.78, 5) is 0. The molecule has 1 saturated heterocycles. The minimum absolute atomic E-state index is 0.202. The number of hydrogen-bond donors (Lipinski definition) is 3. The monoisotopic (exact) mass is 246 g/mol. The fourth-order valence-electron chi connectivity index (χ4n) is 3.64. The normalized spacial score (nSPS) is 39.6. The van der Waals surface area contributed by atoms with Crippen molar-refractivity contribution in [3.05, 3.63) is 35.4 Å². The number of rotatable bonds is 1. The van der Waals surface area contributed by atoms with Crippen LogP contribution >= 0.6 is 0 Å². The van der Waals surface area contributed by atoms with E-state index in [0.29, 0.717) is 23.9 Å². The Morgan fingerprint density at radius 2 is 2.06 bits per heavy atom. The van der Waals surface area contributed by atoms with Gasteiger partial charge in [-0.05, 0) is 38.2 Å². The van der Waals surface area contributed by atoms with Crippen LogP contribution in [0.3, 0.4) is 0 Å². The SMILES string of the molecule is Cc1cccc(C2CC(O)C3C(C)NNC3C2)c1. The van der Waals surface area contributed by atoms with E-state index >= 15 is 0 Å². The summed E-state index contributed by atoms with van der Waals surface area (Å²) in [6.45, 7) is 4.27. The molecule has 2 aliphatic rings. The van der Waals surface area contributed by atoms with Crippen LogP contribution in [0.4, 0.5) is 0 Å². The Morgan fingerprint density at radius 1 is 1.22 bits per heavy atom. The highest BCUT2D eigenvalue weighted by Gasteiger charge is 2.43. The van der Waals surface area contributed by atoms with E-state index in [2.05, 4.69) is 49.0 Å². The van der Waals surface area contributed by atoms with Crippen molar-refractivity contribution in [2.45, 2.75) is 50.8 Å². The topological polar surface area (TPSA) is 44.3 Å². The Kier molecular flexibility index (Phi) is 3.14. The molecule has 5 atom stereocenters. The number of fused-ring (bicyclic) bond motifs is 1. The molecule has 3 nitrogen and oxygen atoms in total. The molecule has 1 heterocycles. The average Bonchev–Trinajstić information content (AvgIpc) is 2.71. The smallest absolute Gasteiger partial charge is 0.0605 e. The zero-order valence-corrected chi connectivity index (χ0v) is 11.1. The Hall–Kier alpha value is -0.900. The van der Waals surface area contributed by atoms with Gasteiger partial charge in [0.15, 0.2) is 0 Å². The molecule has 1 aromatic rings. The van der Waals surface area contributed by atoms with E-state index in [1.54, 1.807) is 0 Å². The van der Waals surface area contributed by atoms with Crippen molar-refractivity contribution >= 4 is 0 Å². The third-order valence-electron chi connectivity index (χ3n) is 4.56. The van der Waals surface area contributed by atoms with E-state index in [4.69, 9.17) is 0 Å². The molecule has 3 rings (SSSR count). The van der Waals surface area contributed by atoms with E-state index in [-0.39, 0.29) is 6.10 Å². The fraction of sp³-hybridized carbons (Fsp3) is 0.600. The summed E-state index contributed by atoms with van der Waals surface area (Å²) in [6, 6.07) is 9.45. The summed E-state index contributed by atoms with van der Waals surface area (Å²) in [5.41, 5.74) is 9.28. The lowest BCUT2D eigenvalue weighted by atomic mass is 9.72. The lowest BCUT2D eigenvalue weighted by Crippen LogP contribution is -2.43. The summed E-state index contributed by atoms with van der Waals surface area (Å²) in [5, 5.41) is 10.4. The lowest BCUT2D eigenvalue weighted by molar-refractivity contribution is 0.0498. The maximum atomic E-state index is 10.4. The number of hydrazine groups is 1. The van der Waals surface area contributed by atoms with Gasteiger partial charge < -0.3 is 5.11 Å². The standard InChI is InChI=1S/C15H22N2O/c1-9-4-3-5-11(6-9)12-7-13-15(14(18)8-12)10(2)16-17-13/h3-6,10,12-18H,7-8H2,1-2H3. The maximum absolute atomic E-state index is 10.4. The van der Waals surface area contributed by atoms with Crippen LogP contribution in [0.5, 0.6) is 0 Å². The number of hydrogen-bond acceptors (Lipinski definition) is 3. The molecule has 18 heavy (non-hydrogen) atoms. The number of aryl methyl sites for hydroxylation is 1. The van der Waals surface area contributed by atoms with Gasteiger partial charge in [-0.15, -0.1) is 0 Å². The number of nitrogens with one attached hydrogen (secondary N) is 2. The van der Waals surface area contributed by atoms with Crippen molar-refractivity contribution in [1.82, 2.24) is 10.9 Å². The highest BCUT2D eigenvalue weighted by Crippen LogP contribution is 2.39. The summed E-state index contributed by atoms with van der Waals surface area (Å²) in [5.74, 6) is 0.826. The second-order valence-corrected chi connectivity index (χ2v) is 5.91. The van der Waals surface area contributed by atoms with Crippen LogP contribution in [0.25, 0.3) is 0 Å². The molecular weight excluding hydrogens is 224 g/mol. The highest BCUT2D eigenvalue weighted by atomic mass is 16.3. The molecule has 0 spiro atoms. The molecule has 3 N–H and O–H groups in total. The summed E-state index contributed by atoms with van der Waals surface area (Å²) >= 11 is 0. The van der Waals surface area contributed by atoms with Crippen molar-refractivity contribution < 1.29 is 5.11 Å². The molecule has 5 unspecified atom stereocenters. The van der Waals surface area contributed by atoms with Gasteiger partial charge in [0.2, 0.25) is 0 Å². The van der Waals surface area contributed by atoms with Crippen LogP contribution in [0.15, 0.2) is 24.3 Å². The van der Waals surface area contributed by atoms with Crippen molar-refractivity contribution in [3.63, 3.8) is 0 Å². The number of aliphatic hydroxyl groups is 1. The minimum atomic E-state index is -0.202. The van der Waals surface area contributed by atoms with Crippen LogP contribution in [0.1, 0.15) is 36.8 Å². The van der Waals surface area contributed by atoms with E-state index < -0.39 is 0 Å². The quantitative estimate of drug-likeness (QED) is 0.707. The minimum Gasteiger partial charge on any atom is -0.393 e. The molecule has 2 fully saturated rings. The van der Waals surface area contributed by atoms with Crippen molar-refractivity contribution in [2.24, 2.45) is 5.92 Å². The molecule has 3 heteroatoms. The molecule has 1 aliphatic heterocycles. The molecular formula is C15H22N2O. The van der Waals surface area contributed by atoms with E-state index in [0.717, 1.165) is 12.8 Å². The summed E-state index contributed by atoms with van der Waals surface area (Å²) in [7, 11) is 0. The molecule has 0 radical (unpaired) electrons. The summed E-state index contributed by atoms with van der Waals surface area (Å²) < 4.78 is 0. The Morgan fingerprint density at radius 3 is 2.83 bits per heavy atom. The maximum Gasteiger partial charge on any atom is 0.0605 e. The predicted octanol–water partition coefficient (Wildman–Crippen LogP) is 1.71. The zero-order chi connectivity index (χ0) is 12.7. The van der Waals surface area contributed by atoms with Gasteiger partial charge in [0.25, 0.3) is 0 Å². The number of benzene rings is 1. The van der Waals surface area contributed by atoms with Gasteiger partial charge in [-0.3, -0.25) is 10.9 Å². The second kappa shape index (κ2) is 4.65. The first kappa shape index (κ1) is 12.2. The van der Waals surface area contributed by atoms with Crippen molar-refractivity contribution in [3.8, 4) is 0 Å². The first-order valence-corrected chi connectivity index (χ1v) is 6.91. The van der Waals surface area contributed by atoms with E-state index in [1.165, 1.54) is 11.1 Å². The van der Waals surface area contributed by atoms with Crippen LogP contribution < -0.4 is 10.9 Å². The average molecular weight is 246 g/mol. The highest BCUT2D eigenvalue weighted by molar-refractivity contribution is 5.27. The molecule has 0 aromatic heterocycles. The van der Waals surface area contributed by atoms with Gasteiger partial charge in [0.05, 0.1) is 6.10 Å². The van der Waals surface area contributed by atoms with Crippen LogP contribution in [-0.2, 0) is 0 Å². The second-order valence-electron chi connectivity index (χ2n) is 5.91. The van der Waals surface area contributed by atoms with E-state index in [1.807, 2.05) is 0 Å². The van der Waals surface area contributed by atoms with E-state index in [9.17, 15) is 5.11 Å².